The number of rotatable bonds is 3. The highest BCUT2D eigenvalue weighted by Gasteiger charge is 2.15. The van der Waals surface area contributed by atoms with E-state index in [-0.39, 0.29) is 5.82 Å². The number of hydrogen-bond donors (Lipinski definition) is 1. The molecule has 100 valence electrons. The van der Waals surface area contributed by atoms with Crippen LogP contribution in [-0.2, 0) is 0 Å². The lowest BCUT2D eigenvalue weighted by Gasteiger charge is -2.15. The van der Waals surface area contributed by atoms with E-state index in [0.29, 0.717) is 21.5 Å². The summed E-state index contributed by atoms with van der Waals surface area (Å²) in [7, 11) is 0. The van der Waals surface area contributed by atoms with Crippen LogP contribution in [0.4, 0.5) is 8.78 Å². The van der Waals surface area contributed by atoms with Gasteiger partial charge in [-0.15, -0.1) is 0 Å². The van der Waals surface area contributed by atoms with Crippen molar-refractivity contribution in [1.82, 2.24) is 0 Å². The molecule has 2 N–H and O–H groups in total. The normalized spacial score (nSPS) is 12.3. The van der Waals surface area contributed by atoms with E-state index >= 15 is 0 Å². The summed E-state index contributed by atoms with van der Waals surface area (Å²) in [5, 5.41) is 0. The lowest BCUT2D eigenvalue weighted by molar-refractivity contribution is 0.456. The van der Waals surface area contributed by atoms with E-state index in [4.69, 9.17) is 10.5 Å². The number of nitrogens with two attached hydrogens (primary N) is 1. The van der Waals surface area contributed by atoms with Gasteiger partial charge < -0.3 is 10.5 Å². The van der Waals surface area contributed by atoms with Gasteiger partial charge in [-0.3, -0.25) is 0 Å². The Hall–Kier alpha value is -1.46. The van der Waals surface area contributed by atoms with Crippen LogP contribution in [0.15, 0.2) is 40.9 Å². The number of ether oxygens (including phenoxy) is 1. The monoisotopic (exact) mass is 327 g/mol. The Morgan fingerprint density at radius 3 is 2.53 bits per heavy atom. The standard InChI is InChI=1S/C14H12BrF2NO/c1-8(18)14-11(17)3-2-4-13(14)19-12-6-5-9(16)7-10(12)15/h2-8H,18H2,1H3/t8-/m1/s1. The van der Waals surface area contributed by atoms with Gasteiger partial charge >= 0.3 is 0 Å². The van der Waals surface area contributed by atoms with Gasteiger partial charge in [0.1, 0.15) is 23.1 Å². The van der Waals surface area contributed by atoms with E-state index in [1.165, 1.54) is 30.3 Å². The second-order valence-electron chi connectivity index (χ2n) is 4.12. The van der Waals surface area contributed by atoms with Crippen molar-refractivity contribution in [2.75, 3.05) is 0 Å². The Morgan fingerprint density at radius 2 is 1.89 bits per heavy atom. The fourth-order valence-corrected chi connectivity index (χ4v) is 2.16. The molecule has 2 rings (SSSR count). The van der Waals surface area contributed by atoms with Crippen molar-refractivity contribution in [3.05, 3.63) is 58.1 Å². The van der Waals surface area contributed by atoms with Gasteiger partial charge in [-0.2, -0.15) is 0 Å². The molecular weight excluding hydrogens is 316 g/mol. The summed E-state index contributed by atoms with van der Waals surface area (Å²) in [6, 6.07) is 7.99. The Labute approximate surface area is 118 Å². The average molecular weight is 328 g/mol. The third-order valence-corrected chi connectivity index (χ3v) is 3.20. The fraction of sp³-hybridized carbons (Fsp3) is 0.143. The molecule has 0 aliphatic heterocycles. The molecule has 0 saturated heterocycles. The van der Waals surface area contributed by atoms with Crippen molar-refractivity contribution >= 4 is 15.9 Å². The predicted molar refractivity (Wildman–Crippen MR) is 73.2 cm³/mol. The van der Waals surface area contributed by atoms with Crippen molar-refractivity contribution in [3.8, 4) is 11.5 Å². The quantitative estimate of drug-likeness (QED) is 0.898. The second-order valence-corrected chi connectivity index (χ2v) is 4.97. The second kappa shape index (κ2) is 5.67. The minimum Gasteiger partial charge on any atom is -0.456 e. The first kappa shape index (κ1) is 14.0. The lowest BCUT2D eigenvalue weighted by Crippen LogP contribution is -2.09. The summed E-state index contributed by atoms with van der Waals surface area (Å²) in [5.41, 5.74) is 6.03. The van der Waals surface area contributed by atoms with Crippen LogP contribution in [0.5, 0.6) is 11.5 Å². The van der Waals surface area contributed by atoms with Gasteiger partial charge in [0.25, 0.3) is 0 Å². The Morgan fingerprint density at radius 1 is 1.16 bits per heavy atom. The zero-order valence-corrected chi connectivity index (χ0v) is 11.7. The van der Waals surface area contributed by atoms with Crippen LogP contribution in [0.3, 0.4) is 0 Å². The maximum atomic E-state index is 13.7. The Balaban J connectivity index is 2.41. The lowest BCUT2D eigenvalue weighted by atomic mass is 10.1. The largest absolute Gasteiger partial charge is 0.456 e. The SMILES string of the molecule is C[C@@H](N)c1c(F)cccc1Oc1ccc(F)cc1Br. The first-order valence-corrected chi connectivity index (χ1v) is 6.45. The van der Waals surface area contributed by atoms with Crippen LogP contribution >= 0.6 is 15.9 Å². The molecule has 2 aromatic carbocycles. The van der Waals surface area contributed by atoms with Crippen molar-refractivity contribution in [2.45, 2.75) is 13.0 Å². The van der Waals surface area contributed by atoms with Crippen LogP contribution in [-0.4, -0.2) is 0 Å². The van der Waals surface area contributed by atoms with E-state index < -0.39 is 11.9 Å². The summed E-state index contributed by atoms with van der Waals surface area (Å²) in [6.45, 7) is 1.67. The molecule has 19 heavy (non-hydrogen) atoms. The van der Waals surface area contributed by atoms with Crippen LogP contribution in [0, 0.1) is 11.6 Å². The third kappa shape index (κ3) is 3.11. The maximum Gasteiger partial charge on any atom is 0.141 e. The van der Waals surface area contributed by atoms with E-state index in [1.807, 2.05) is 0 Å². The fourth-order valence-electron chi connectivity index (χ4n) is 1.72. The highest BCUT2D eigenvalue weighted by molar-refractivity contribution is 9.10. The first-order valence-electron chi connectivity index (χ1n) is 5.66. The van der Waals surface area contributed by atoms with Gasteiger partial charge in [-0.25, -0.2) is 8.78 Å². The zero-order valence-electron chi connectivity index (χ0n) is 10.2. The summed E-state index contributed by atoms with van der Waals surface area (Å²) >= 11 is 3.19. The van der Waals surface area contributed by atoms with Gasteiger partial charge in [-0.05, 0) is 53.2 Å². The van der Waals surface area contributed by atoms with Crippen LogP contribution in [0.25, 0.3) is 0 Å². The van der Waals surface area contributed by atoms with Crippen LogP contribution in [0.1, 0.15) is 18.5 Å². The summed E-state index contributed by atoms with van der Waals surface area (Å²) in [4.78, 5) is 0. The Kier molecular flexibility index (Phi) is 4.17. The van der Waals surface area contributed by atoms with Crippen LogP contribution in [0.2, 0.25) is 0 Å². The van der Waals surface area contributed by atoms with Gasteiger partial charge in [0, 0.05) is 11.6 Å². The van der Waals surface area contributed by atoms with Crippen molar-refractivity contribution in [3.63, 3.8) is 0 Å². The summed E-state index contributed by atoms with van der Waals surface area (Å²) in [5.74, 6) is -0.0900. The molecule has 0 saturated carbocycles. The average Bonchev–Trinajstić information content (AvgIpc) is 2.32. The van der Waals surface area contributed by atoms with E-state index in [0.717, 1.165) is 0 Å². The molecule has 2 aromatic rings. The van der Waals surface area contributed by atoms with E-state index in [1.54, 1.807) is 13.0 Å². The third-order valence-electron chi connectivity index (χ3n) is 2.58. The summed E-state index contributed by atoms with van der Waals surface area (Å²) in [6.07, 6.45) is 0. The van der Waals surface area contributed by atoms with Crippen molar-refractivity contribution < 1.29 is 13.5 Å². The maximum absolute atomic E-state index is 13.7. The molecule has 0 unspecified atom stereocenters. The van der Waals surface area contributed by atoms with E-state index in [2.05, 4.69) is 15.9 Å². The zero-order chi connectivity index (χ0) is 14.0. The molecule has 2 nitrogen and oxygen atoms in total. The molecule has 0 amide bonds. The number of halogens is 3. The van der Waals surface area contributed by atoms with E-state index in [9.17, 15) is 8.78 Å². The predicted octanol–water partition coefficient (Wildman–Crippen LogP) is 4.54. The molecule has 0 aromatic heterocycles. The molecule has 0 fully saturated rings. The highest BCUT2D eigenvalue weighted by Crippen LogP contribution is 2.34. The number of hydrogen-bond acceptors (Lipinski definition) is 2. The molecule has 0 spiro atoms. The van der Waals surface area contributed by atoms with Gasteiger partial charge in [-0.1, -0.05) is 6.07 Å². The van der Waals surface area contributed by atoms with Gasteiger partial charge in [0.05, 0.1) is 4.47 Å². The minimum absolute atomic E-state index is 0.290. The van der Waals surface area contributed by atoms with Crippen molar-refractivity contribution in [2.24, 2.45) is 5.73 Å². The molecule has 5 heteroatoms. The summed E-state index contributed by atoms with van der Waals surface area (Å²) < 4.78 is 32.8. The molecule has 0 heterocycles. The van der Waals surface area contributed by atoms with Gasteiger partial charge in [0.15, 0.2) is 0 Å². The topological polar surface area (TPSA) is 35.2 Å². The van der Waals surface area contributed by atoms with Gasteiger partial charge in [0.2, 0.25) is 0 Å². The Bertz CT molecular complexity index is 602. The molecule has 0 radical (unpaired) electrons. The van der Waals surface area contributed by atoms with Crippen molar-refractivity contribution in [1.29, 1.82) is 0 Å². The highest BCUT2D eigenvalue weighted by atomic mass is 79.9. The van der Waals surface area contributed by atoms with Crippen LogP contribution < -0.4 is 10.5 Å². The molecule has 0 aliphatic carbocycles. The first-order chi connectivity index (χ1) is 8.99. The molecule has 0 bridgehead atoms. The molecular formula is C14H12BrF2NO. The molecule has 0 aliphatic rings. The number of benzene rings is 2. The molecule has 1 atom stereocenters. The smallest absolute Gasteiger partial charge is 0.141 e. The minimum atomic E-state index is -0.504.